The molecule has 0 aromatic heterocycles. The molecule has 0 radical (unpaired) electrons. The van der Waals surface area contributed by atoms with Crippen LogP contribution >= 0.6 is 0 Å². The summed E-state index contributed by atoms with van der Waals surface area (Å²) in [5.74, 6) is -0.281. The van der Waals surface area contributed by atoms with Crippen LogP contribution in [0.5, 0.6) is 0 Å². The Morgan fingerprint density at radius 1 is 1.20 bits per heavy atom. The van der Waals surface area contributed by atoms with Gasteiger partial charge in [-0.3, -0.25) is 0 Å². The zero-order valence-electron chi connectivity index (χ0n) is 11.8. The standard InChI is InChI=1S/C17H19NO2/c1-13(17(19)20-2)10-11-18-12-15-8-5-7-14-6-3-4-9-16(14)15/h3-10,18H,11-12H2,1-2H3/b13-10+. The van der Waals surface area contributed by atoms with Crippen molar-refractivity contribution in [3.63, 3.8) is 0 Å². The molecule has 0 aliphatic heterocycles. The molecule has 3 heteroatoms. The van der Waals surface area contributed by atoms with E-state index in [1.165, 1.54) is 23.4 Å². The molecule has 0 unspecified atom stereocenters. The van der Waals surface area contributed by atoms with Crippen molar-refractivity contribution in [3.05, 3.63) is 59.7 Å². The van der Waals surface area contributed by atoms with Crippen molar-refractivity contribution < 1.29 is 9.53 Å². The second-order valence-electron chi connectivity index (χ2n) is 4.65. The molecule has 2 aromatic rings. The monoisotopic (exact) mass is 269 g/mol. The fraction of sp³-hybridized carbons (Fsp3) is 0.235. The summed E-state index contributed by atoms with van der Waals surface area (Å²) < 4.78 is 4.65. The maximum absolute atomic E-state index is 11.2. The Morgan fingerprint density at radius 3 is 2.75 bits per heavy atom. The number of benzene rings is 2. The van der Waals surface area contributed by atoms with Crippen molar-refractivity contribution in [2.45, 2.75) is 13.5 Å². The maximum Gasteiger partial charge on any atom is 0.333 e. The number of hydrogen-bond donors (Lipinski definition) is 1. The van der Waals surface area contributed by atoms with E-state index in [1.807, 2.05) is 18.2 Å². The summed E-state index contributed by atoms with van der Waals surface area (Å²) in [5, 5.41) is 5.82. The van der Waals surface area contributed by atoms with Gasteiger partial charge in [-0.05, 0) is 23.3 Å². The molecule has 0 aliphatic rings. The summed E-state index contributed by atoms with van der Waals surface area (Å²) in [6.45, 7) is 3.17. The Balaban J connectivity index is 1.98. The number of esters is 1. The van der Waals surface area contributed by atoms with Gasteiger partial charge in [0.1, 0.15) is 0 Å². The topological polar surface area (TPSA) is 38.3 Å². The van der Waals surface area contributed by atoms with Gasteiger partial charge in [0.2, 0.25) is 0 Å². The lowest BCUT2D eigenvalue weighted by Crippen LogP contribution is -2.14. The fourth-order valence-corrected chi connectivity index (χ4v) is 2.12. The van der Waals surface area contributed by atoms with Gasteiger partial charge in [0.15, 0.2) is 0 Å². The first-order valence-electron chi connectivity index (χ1n) is 6.65. The highest BCUT2D eigenvalue weighted by atomic mass is 16.5. The van der Waals surface area contributed by atoms with Crippen LogP contribution in [0.25, 0.3) is 10.8 Å². The predicted octanol–water partition coefficient (Wildman–Crippen LogP) is 3.05. The number of carbonyl (C=O) groups excluding carboxylic acids is 1. The minimum absolute atomic E-state index is 0.281. The first-order chi connectivity index (χ1) is 9.72. The van der Waals surface area contributed by atoms with Crippen LogP contribution < -0.4 is 5.32 Å². The van der Waals surface area contributed by atoms with E-state index in [2.05, 4.69) is 40.4 Å². The first kappa shape index (κ1) is 14.3. The number of methoxy groups -OCH3 is 1. The molecule has 0 amide bonds. The smallest absolute Gasteiger partial charge is 0.333 e. The Labute approximate surface area is 119 Å². The lowest BCUT2D eigenvalue weighted by molar-refractivity contribution is -0.136. The SMILES string of the molecule is COC(=O)/C(C)=C/CNCc1cccc2ccccc12. The molecule has 0 atom stereocenters. The normalized spacial score (nSPS) is 11.6. The molecule has 104 valence electrons. The average Bonchev–Trinajstić information content (AvgIpc) is 2.50. The van der Waals surface area contributed by atoms with Gasteiger partial charge in [0.25, 0.3) is 0 Å². The third-order valence-electron chi connectivity index (χ3n) is 3.26. The van der Waals surface area contributed by atoms with Crippen LogP contribution in [-0.2, 0) is 16.1 Å². The van der Waals surface area contributed by atoms with Gasteiger partial charge in [-0.15, -0.1) is 0 Å². The average molecular weight is 269 g/mol. The van der Waals surface area contributed by atoms with E-state index in [9.17, 15) is 4.79 Å². The highest BCUT2D eigenvalue weighted by Gasteiger charge is 2.02. The summed E-state index contributed by atoms with van der Waals surface area (Å²) in [7, 11) is 1.39. The van der Waals surface area contributed by atoms with Crippen molar-refractivity contribution in [2.75, 3.05) is 13.7 Å². The zero-order chi connectivity index (χ0) is 14.4. The molecule has 0 saturated carbocycles. The van der Waals surface area contributed by atoms with Gasteiger partial charge < -0.3 is 10.1 Å². The summed E-state index contributed by atoms with van der Waals surface area (Å²) in [6, 6.07) is 14.6. The van der Waals surface area contributed by atoms with E-state index in [4.69, 9.17) is 0 Å². The molecule has 0 aliphatic carbocycles. The van der Waals surface area contributed by atoms with Crippen LogP contribution in [0.2, 0.25) is 0 Å². The number of fused-ring (bicyclic) bond motifs is 1. The van der Waals surface area contributed by atoms with E-state index in [-0.39, 0.29) is 5.97 Å². The van der Waals surface area contributed by atoms with Crippen LogP contribution in [0.15, 0.2) is 54.1 Å². The third-order valence-corrected chi connectivity index (χ3v) is 3.26. The maximum atomic E-state index is 11.2. The van der Waals surface area contributed by atoms with Gasteiger partial charge in [-0.1, -0.05) is 48.5 Å². The van der Waals surface area contributed by atoms with Gasteiger partial charge in [0.05, 0.1) is 7.11 Å². The first-order valence-corrected chi connectivity index (χ1v) is 6.65. The molecular formula is C17H19NO2. The second kappa shape index (κ2) is 6.87. The number of carbonyl (C=O) groups is 1. The summed E-state index contributed by atoms with van der Waals surface area (Å²) in [6.07, 6.45) is 1.84. The Hall–Kier alpha value is -2.13. The Bertz CT molecular complexity index is 626. The molecule has 1 N–H and O–H groups in total. The van der Waals surface area contributed by atoms with Gasteiger partial charge in [-0.2, -0.15) is 0 Å². The lowest BCUT2D eigenvalue weighted by atomic mass is 10.0. The largest absolute Gasteiger partial charge is 0.466 e. The minimum atomic E-state index is -0.281. The number of nitrogens with one attached hydrogen (secondary N) is 1. The molecule has 2 aromatic carbocycles. The molecule has 2 rings (SSSR count). The molecule has 0 spiro atoms. The highest BCUT2D eigenvalue weighted by molar-refractivity contribution is 5.87. The number of rotatable bonds is 5. The van der Waals surface area contributed by atoms with Crippen molar-refractivity contribution in [3.8, 4) is 0 Å². The molecule has 0 heterocycles. The molecule has 20 heavy (non-hydrogen) atoms. The van der Waals surface area contributed by atoms with E-state index in [1.54, 1.807) is 6.92 Å². The predicted molar refractivity (Wildman–Crippen MR) is 81.4 cm³/mol. The zero-order valence-corrected chi connectivity index (χ0v) is 11.8. The molecule has 3 nitrogen and oxygen atoms in total. The summed E-state index contributed by atoms with van der Waals surface area (Å²) in [5.41, 5.74) is 1.88. The minimum Gasteiger partial charge on any atom is -0.466 e. The van der Waals surface area contributed by atoms with E-state index >= 15 is 0 Å². The highest BCUT2D eigenvalue weighted by Crippen LogP contribution is 2.18. The quantitative estimate of drug-likeness (QED) is 0.515. The molecule has 0 fully saturated rings. The summed E-state index contributed by atoms with van der Waals surface area (Å²) in [4.78, 5) is 11.2. The number of hydrogen-bond acceptors (Lipinski definition) is 3. The summed E-state index contributed by atoms with van der Waals surface area (Å²) >= 11 is 0. The Kier molecular flexibility index (Phi) is 4.91. The van der Waals surface area contributed by atoms with Crippen molar-refractivity contribution in [1.82, 2.24) is 5.32 Å². The van der Waals surface area contributed by atoms with E-state index < -0.39 is 0 Å². The second-order valence-corrected chi connectivity index (χ2v) is 4.65. The van der Waals surface area contributed by atoms with Crippen LogP contribution in [0.4, 0.5) is 0 Å². The van der Waals surface area contributed by atoms with Crippen LogP contribution in [-0.4, -0.2) is 19.6 Å². The van der Waals surface area contributed by atoms with Gasteiger partial charge in [0, 0.05) is 18.7 Å². The van der Waals surface area contributed by atoms with E-state index in [0.29, 0.717) is 12.1 Å². The van der Waals surface area contributed by atoms with E-state index in [0.717, 1.165) is 6.54 Å². The molecule has 0 bridgehead atoms. The number of ether oxygens (including phenoxy) is 1. The third kappa shape index (κ3) is 3.45. The lowest BCUT2D eigenvalue weighted by Gasteiger charge is -2.07. The van der Waals surface area contributed by atoms with Crippen LogP contribution in [0.1, 0.15) is 12.5 Å². The van der Waals surface area contributed by atoms with Crippen LogP contribution in [0, 0.1) is 0 Å². The van der Waals surface area contributed by atoms with Crippen molar-refractivity contribution in [1.29, 1.82) is 0 Å². The van der Waals surface area contributed by atoms with Crippen molar-refractivity contribution in [2.24, 2.45) is 0 Å². The van der Waals surface area contributed by atoms with Crippen molar-refractivity contribution >= 4 is 16.7 Å². The van der Waals surface area contributed by atoms with Crippen LogP contribution in [0.3, 0.4) is 0 Å². The molecular weight excluding hydrogens is 250 g/mol. The molecule has 0 saturated heterocycles. The van der Waals surface area contributed by atoms with Gasteiger partial charge in [-0.25, -0.2) is 4.79 Å². The fourth-order valence-electron chi connectivity index (χ4n) is 2.12. The Morgan fingerprint density at radius 2 is 1.95 bits per heavy atom. The van der Waals surface area contributed by atoms with Gasteiger partial charge >= 0.3 is 5.97 Å².